The molecule has 105 valence electrons. The van der Waals surface area contributed by atoms with E-state index in [-0.39, 0.29) is 49.0 Å². The molecule has 1 aromatic rings. The molecule has 0 nitrogen and oxygen atoms in total. The molecule has 0 N–H and O–H groups in total. The van der Waals surface area contributed by atoms with Crippen molar-refractivity contribution < 1.29 is 32.7 Å². The van der Waals surface area contributed by atoms with E-state index in [0.29, 0.717) is 0 Å². The maximum atomic E-state index is 2.38. The summed E-state index contributed by atoms with van der Waals surface area (Å²) in [6.07, 6.45) is 0. The first kappa shape index (κ1) is 19.3. The SMILES string of the molecule is CC(C)(C)c1cc(C(C)(C)C)cc(C(C)(C)C)c1.[Y]. The van der Waals surface area contributed by atoms with Gasteiger partial charge in [-0.25, -0.2) is 0 Å². The van der Waals surface area contributed by atoms with E-state index in [1.165, 1.54) is 16.7 Å². The minimum atomic E-state index is 0. The Kier molecular flexibility index (Phi) is 6.08. The first-order valence-electron chi connectivity index (χ1n) is 6.98. The maximum Gasteiger partial charge on any atom is 0 e. The van der Waals surface area contributed by atoms with Crippen molar-refractivity contribution in [1.82, 2.24) is 0 Å². The van der Waals surface area contributed by atoms with Crippen LogP contribution in [-0.4, -0.2) is 0 Å². The zero-order valence-corrected chi connectivity index (χ0v) is 17.1. The first-order chi connectivity index (χ1) is 7.82. The third kappa shape index (κ3) is 5.31. The van der Waals surface area contributed by atoms with Crippen LogP contribution in [0.5, 0.6) is 0 Å². The summed E-state index contributed by atoms with van der Waals surface area (Å²) < 4.78 is 0. The number of hydrogen-bond acceptors (Lipinski definition) is 0. The van der Waals surface area contributed by atoms with Crippen LogP contribution in [0.15, 0.2) is 18.2 Å². The Hall–Kier alpha value is 0.324. The second kappa shape index (κ2) is 5.98. The van der Waals surface area contributed by atoms with Gasteiger partial charge < -0.3 is 0 Å². The van der Waals surface area contributed by atoms with Crippen LogP contribution in [-0.2, 0) is 49.0 Å². The van der Waals surface area contributed by atoms with E-state index in [1.807, 2.05) is 0 Å². The van der Waals surface area contributed by atoms with Gasteiger partial charge in [-0.2, -0.15) is 0 Å². The van der Waals surface area contributed by atoms with E-state index >= 15 is 0 Å². The van der Waals surface area contributed by atoms with Crippen LogP contribution in [0, 0.1) is 0 Å². The largest absolute Gasteiger partial charge is 0.0561 e. The summed E-state index contributed by atoms with van der Waals surface area (Å²) in [6, 6.07) is 7.15. The van der Waals surface area contributed by atoms with Crippen LogP contribution in [0.1, 0.15) is 79.0 Å². The quantitative estimate of drug-likeness (QED) is 0.581. The molecular weight excluding hydrogens is 305 g/mol. The molecule has 0 unspecified atom stereocenters. The summed E-state index contributed by atoms with van der Waals surface area (Å²) in [5, 5.41) is 0. The molecule has 0 heterocycles. The van der Waals surface area contributed by atoms with Crippen molar-refractivity contribution in [3.05, 3.63) is 34.9 Å². The molecule has 0 saturated heterocycles. The third-order valence-electron chi connectivity index (χ3n) is 3.53. The summed E-state index contributed by atoms with van der Waals surface area (Å²) in [6.45, 7) is 20.6. The van der Waals surface area contributed by atoms with Gasteiger partial charge in [0.25, 0.3) is 0 Å². The van der Waals surface area contributed by atoms with Gasteiger partial charge in [-0.1, -0.05) is 80.5 Å². The fourth-order valence-corrected chi connectivity index (χ4v) is 1.93. The molecule has 0 bridgehead atoms. The Morgan fingerprint density at radius 2 is 0.632 bits per heavy atom. The summed E-state index contributed by atoms with van der Waals surface area (Å²) in [5.41, 5.74) is 4.96. The molecule has 0 aliphatic rings. The third-order valence-corrected chi connectivity index (χ3v) is 3.53. The summed E-state index contributed by atoms with van der Waals surface area (Å²) in [7, 11) is 0. The van der Waals surface area contributed by atoms with Gasteiger partial charge in [0.1, 0.15) is 0 Å². The van der Waals surface area contributed by atoms with Gasteiger partial charge in [0, 0.05) is 32.7 Å². The fourth-order valence-electron chi connectivity index (χ4n) is 1.93. The first-order valence-corrected chi connectivity index (χ1v) is 6.98. The van der Waals surface area contributed by atoms with Crippen LogP contribution < -0.4 is 0 Å². The summed E-state index contributed by atoms with van der Waals surface area (Å²) >= 11 is 0. The van der Waals surface area contributed by atoms with Crippen molar-refractivity contribution in [2.24, 2.45) is 0 Å². The molecule has 0 fully saturated rings. The van der Waals surface area contributed by atoms with E-state index in [1.54, 1.807) is 0 Å². The number of hydrogen-bond donors (Lipinski definition) is 0. The van der Waals surface area contributed by atoms with E-state index < -0.39 is 0 Å². The standard InChI is InChI=1S/C18H30.Y/c1-16(2,3)13-10-14(17(4,5)6)12-15(11-13)18(7,8)9;/h10-12H,1-9H3;. The van der Waals surface area contributed by atoms with Crippen LogP contribution in [0.2, 0.25) is 0 Å². The van der Waals surface area contributed by atoms with Crippen molar-refractivity contribution in [3.8, 4) is 0 Å². The second-order valence-corrected chi connectivity index (χ2v) is 8.55. The minimum Gasteiger partial charge on any atom is -0.0561 e. The summed E-state index contributed by atoms with van der Waals surface area (Å²) in [4.78, 5) is 0. The van der Waals surface area contributed by atoms with E-state index in [0.717, 1.165) is 0 Å². The zero-order chi connectivity index (χ0) is 14.4. The molecule has 0 spiro atoms. The Morgan fingerprint density at radius 3 is 0.737 bits per heavy atom. The predicted molar refractivity (Wildman–Crippen MR) is 82.5 cm³/mol. The van der Waals surface area contributed by atoms with E-state index in [9.17, 15) is 0 Å². The Morgan fingerprint density at radius 1 is 0.474 bits per heavy atom. The Balaban J connectivity index is 0.00000324. The van der Waals surface area contributed by atoms with Crippen LogP contribution in [0.25, 0.3) is 0 Å². The molecule has 0 atom stereocenters. The number of benzene rings is 1. The van der Waals surface area contributed by atoms with E-state index in [4.69, 9.17) is 0 Å². The molecule has 1 heteroatoms. The van der Waals surface area contributed by atoms with Crippen molar-refractivity contribution in [2.45, 2.75) is 78.6 Å². The van der Waals surface area contributed by atoms with Crippen LogP contribution >= 0.6 is 0 Å². The minimum absolute atomic E-state index is 0. The number of rotatable bonds is 0. The molecule has 0 saturated carbocycles. The molecule has 19 heavy (non-hydrogen) atoms. The van der Waals surface area contributed by atoms with Crippen molar-refractivity contribution in [1.29, 1.82) is 0 Å². The smallest absolute Gasteiger partial charge is 0 e. The van der Waals surface area contributed by atoms with Gasteiger partial charge in [0.15, 0.2) is 0 Å². The second-order valence-electron chi connectivity index (χ2n) is 8.55. The van der Waals surface area contributed by atoms with Gasteiger partial charge in [-0.15, -0.1) is 0 Å². The van der Waals surface area contributed by atoms with Crippen molar-refractivity contribution >= 4 is 0 Å². The molecule has 1 rings (SSSR count). The van der Waals surface area contributed by atoms with Gasteiger partial charge in [-0.3, -0.25) is 0 Å². The average Bonchev–Trinajstić information content (AvgIpc) is 2.13. The normalized spacial score (nSPS) is 13.1. The zero-order valence-electron chi connectivity index (χ0n) is 14.3. The fraction of sp³-hybridized carbons (Fsp3) is 0.667. The van der Waals surface area contributed by atoms with Gasteiger partial charge >= 0.3 is 0 Å². The molecule has 0 aliphatic heterocycles. The molecular formula is C18H30Y. The molecule has 1 aromatic carbocycles. The molecule has 0 aromatic heterocycles. The topological polar surface area (TPSA) is 0 Å². The molecule has 0 amide bonds. The molecule has 1 radical (unpaired) electrons. The van der Waals surface area contributed by atoms with Crippen LogP contribution in [0.4, 0.5) is 0 Å². The van der Waals surface area contributed by atoms with Gasteiger partial charge in [0.05, 0.1) is 0 Å². The van der Waals surface area contributed by atoms with E-state index in [2.05, 4.69) is 80.5 Å². The Bertz CT molecular complexity index is 343. The predicted octanol–water partition coefficient (Wildman–Crippen LogP) is 5.58. The monoisotopic (exact) mass is 335 g/mol. The van der Waals surface area contributed by atoms with Gasteiger partial charge in [0.2, 0.25) is 0 Å². The van der Waals surface area contributed by atoms with Crippen molar-refractivity contribution in [2.75, 3.05) is 0 Å². The van der Waals surface area contributed by atoms with Crippen molar-refractivity contribution in [3.63, 3.8) is 0 Å². The Labute approximate surface area is 145 Å². The van der Waals surface area contributed by atoms with Gasteiger partial charge in [-0.05, 0) is 32.9 Å². The van der Waals surface area contributed by atoms with Crippen LogP contribution in [0.3, 0.4) is 0 Å². The summed E-state index contributed by atoms with van der Waals surface area (Å²) in [5.74, 6) is 0. The maximum absolute atomic E-state index is 2.38. The average molecular weight is 335 g/mol. The molecule has 0 aliphatic carbocycles.